The number of nitrogens with one attached hydrogen (secondary N) is 1. The number of carbonyl (C=O) groups is 1. The first-order valence-corrected chi connectivity index (χ1v) is 5.55. The maximum Gasteiger partial charge on any atom is 0.225 e. The highest BCUT2D eigenvalue weighted by Gasteiger charge is 2.15. The van der Waals surface area contributed by atoms with Crippen LogP contribution in [0, 0.1) is 0 Å². The first-order chi connectivity index (χ1) is 6.77. The molecule has 1 N–H and O–H groups in total. The Morgan fingerprint density at radius 1 is 1.64 bits per heavy atom. The van der Waals surface area contributed by atoms with E-state index in [0.29, 0.717) is 5.75 Å². The molecule has 0 unspecified atom stereocenters. The van der Waals surface area contributed by atoms with Crippen molar-refractivity contribution in [1.82, 2.24) is 14.8 Å². The molecule has 0 saturated heterocycles. The van der Waals surface area contributed by atoms with Crippen LogP contribution in [-0.4, -0.2) is 32.8 Å². The van der Waals surface area contributed by atoms with E-state index in [1.54, 1.807) is 6.92 Å². The SMILES string of the molecule is CC(=O)CSc1nnc2n1CCCN2. The number of carbonyl (C=O) groups excluding carboxylic acids is 1. The molecule has 0 saturated carbocycles. The van der Waals surface area contributed by atoms with Crippen molar-refractivity contribution >= 4 is 23.5 Å². The van der Waals surface area contributed by atoms with Crippen LogP contribution >= 0.6 is 11.8 Å². The fourth-order valence-corrected chi connectivity index (χ4v) is 2.10. The zero-order valence-electron chi connectivity index (χ0n) is 7.99. The largest absolute Gasteiger partial charge is 0.354 e. The van der Waals surface area contributed by atoms with Gasteiger partial charge in [-0.05, 0) is 13.3 Å². The molecule has 2 rings (SSSR count). The Hall–Kier alpha value is -1.04. The van der Waals surface area contributed by atoms with Crippen LogP contribution in [0.2, 0.25) is 0 Å². The maximum atomic E-state index is 10.8. The van der Waals surface area contributed by atoms with Gasteiger partial charge in [-0.2, -0.15) is 0 Å². The number of thioether (sulfide) groups is 1. The first-order valence-electron chi connectivity index (χ1n) is 4.56. The van der Waals surface area contributed by atoms with Crippen molar-refractivity contribution in [3.8, 4) is 0 Å². The Morgan fingerprint density at radius 2 is 2.50 bits per heavy atom. The topological polar surface area (TPSA) is 59.8 Å². The van der Waals surface area contributed by atoms with E-state index in [1.807, 2.05) is 4.57 Å². The molecule has 14 heavy (non-hydrogen) atoms. The molecule has 0 fully saturated rings. The van der Waals surface area contributed by atoms with Crippen LogP contribution < -0.4 is 5.32 Å². The number of ketones is 1. The standard InChI is InChI=1S/C8H12N4OS/c1-6(13)5-14-8-11-10-7-9-3-2-4-12(7)8/h2-5H2,1H3,(H,9,10). The summed E-state index contributed by atoms with van der Waals surface area (Å²) in [5.74, 6) is 1.46. The third kappa shape index (κ3) is 1.89. The third-order valence-corrected chi connectivity index (χ3v) is 3.07. The molecule has 0 aliphatic carbocycles. The number of hydrogen-bond donors (Lipinski definition) is 1. The van der Waals surface area contributed by atoms with Gasteiger partial charge in [-0.3, -0.25) is 9.36 Å². The number of Topliss-reactive ketones (excluding diaryl/α,β-unsaturated/α-hetero) is 1. The first kappa shape index (κ1) is 9.51. The molecule has 1 aromatic rings. The lowest BCUT2D eigenvalue weighted by atomic mass is 10.4. The average molecular weight is 212 g/mol. The Morgan fingerprint density at radius 3 is 3.29 bits per heavy atom. The van der Waals surface area contributed by atoms with Gasteiger partial charge < -0.3 is 5.32 Å². The lowest BCUT2D eigenvalue weighted by Gasteiger charge is -2.15. The van der Waals surface area contributed by atoms with E-state index in [-0.39, 0.29) is 5.78 Å². The van der Waals surface area contributed by atoms with E-state index in [9.17, 15) is 4.79 Å². The summed E-state index contributed by atoms with van der Waals surface area (Å²) in [6.45, 7) is 3.48. The van der Waals surface area contributed by atoms with Gasteiger partial charge in [-0.25, -0.2) is 0 Å². The van der Waals surface area contributed by atoms with Crippen LogP contribution in [0.4, 0.5) is 5.95 Å². The predicted octanol–water partition coefficient (Wildman–Crippen LogP) is 0.775. The van der Waals surface area contributed by atoms with Gasteiger partial charge in [0.2, 0.25) is 5.95 Å². The second-order valence-electron chi connectivity index (χ2n) is 3.23. The van der Waals surface area contributed by atoms with Crippen molar-refractivity contribution in [2.24, 2.45) is 0 Å². The smallest absolute Gasteiger partial charge is 0.225 e. The van der Waals surface area contributed by atoms with Crippen molar-refractivity contribution < 1.29 is 4.79 Å². The van der Waals surface area contributed by atoms with E-state index in [0.717, 1.165) is 30.6 Å². The molecule has 1 aromatic heterocycles. The van der Waals surface area contributed by atoms with E-state index in [2.05, 4.69) is 15.5 Å². The molecular weight excluding hydrogens is 200 g/mol. The second-order valence-corrected chi connectivity index (χ2v) is 4.17. The number of hydrogen-bond acceptors (Lipinski definition) is 5. The van der Waals surface area contributed by atoms with Gasteiger partial charge in [0, 0.05) is 13.1 Å². The van der Waals surface area contributed by atoms with E-state index >= 15 is 0 Å². The Bertz CT molecular complexity index is 349. The quantitative estimate of drug-likeness (QED) is 0.750. The van der Waals surface area contributed by atoms with E-state index < -0.39 is 0 Å². The molecule has 2 heterocycles. The summed E-state index contributed by atoms with van der Waals surface area (Å²) in [6.07, 6.45) is 1.08. The summed E-state index contributed by atoms with van der Waals surface area (Å²) in [6, 6.07) is 0. The van der Waals surface area contributed by atoms with Gasteiger partial charge in [0.1, 0.15) is 5.78 Å². The third-order valence-electron chi connectivity index (χ3n) is 1.96. The highest BCUT2D eigenvalue weighted by atomic mass is 32.2. The minimum absolute atomic E-state index is 0.163. The summed E-state index contributed by atoms with van der Waals surface area (Å²) in [4.78, 5) is 10.8. The minimum Gasteiger partial charge on any atom is -0.354 e. The Labute approximate surface area is 86.3 Å². The number of nitrogens with zero attached hydrogens (tertiary/aromatic N) is 3. The Kier molecular flexibility index (Phi) is 2.72. The number of rotatable bonds is 3. The minimum atomic E-state index is 0.163. The van der Waals surface area contributed by atoms with E-state index in [4.69, 9.17) is 0 Å². The highest BCUT2D eigenvalue weighted by molar-refractivity contribution is 7.99. The van der Waals surface area contributed by atoms with Crippen molar-refractivity contribution in [3.63, 3.8) is 0 Å². The Balaban J connectivity index is 2.10. The molecule has 0 atom stereocenters. The fourth-order valence-electron chi connectivity index (χ4n) is 1.33. The molecule has 5 nitrogen and oxygen atoms in total. The lowest BCUT2D eigenvalue weighted by molar-refractivity contribution is -0.114. The van der Waals surface area contributed by atoms with Crippen LogP contribution in [0.15, 0.2) is 5.16 Å². The van der Waals surface area contributed by atoms with Gasteiger partial charge in [-0.15, -0.1) is 10.2 Å². The summed E-state index contributed by atoms with van der Waals surface area (Å²) in [7, 11) is 0. The lowest BCUT2D eigenvalue weighted by Crippen LogP contribution is -2.17. The highest BCUT2D eigenvalue weighted by Crippen LogP contribution is 2.21. The van der Waals surface area contributed by atoms with Gasteiger partial charge in [0.15, 0.2) is 5.16 Å². The molecule has 1 aliphatic rings. The molecule has 0 spiro atoms. The number of fused-ring (bicyclic) bond motifs is 1. The van der Waals surface area contributed by atoms with Crippen molar-refractivity contribution in [1.29, 1.82) is 0 Å². The molecule has 0 amide bonds. The summed E-state index contributed by atoms with van der Waals surface area (Å²) in [5, 5.41) is 12.0. The predicted molar refractivity (Wildman–Crippen MR) is 54.5 cm³/mol. The molecular formula is C8H12N4OS. The monoisotopic (exact) mass is 212 g/mol. The van der Waals surface area contributed by atoms with Gasteiger partial charge in [-0.1, -0.05) is 11.8 Å². The van der Waals surface area contributed by atoms with Crippen LogP contribution in [0.5, 0.6) is 0 Å². The molecule has 0 bridgehead atoms. The molecule has 1 aliphatic heterocycles. The van der Waals surface area contributed by atoms with Crippen molar-refractivity contribution in [2.75, 3.05) is 17.6 Å². The van der Waals surface area contributed by atoms with E-state index in [1.165, 1.54) is 11.8 Å². The van der Waals surface area contributed by atoms with Crippen LogP contribution in [0.3, 0.4) is 0 Å². The van der Waals surface area contributed by atoms with Crippen molar-refractivity contribution in [3.05, 3.63) is 0 Å². The molecule has 0 aromatic carbocycles. The van der Waals surface area contributed by atoms with Crippen LogP contribution in [0.1, 0.15) is 13.3 Å². The van der Waals surface area contributed by atoms with Gasteiger partial charge in [0.05, 0.1) is 5.75 Å². The van der Waals surface area contributed by atoms with Gasteiger partial charge >= 0.3 is 0 Å². The van der Waals surface area contributed by atoms with Crippen molar-refractivity contribution in [2.45, 2.75) is 25.0 Å². The zero-order chi connectivity index (χ0) is 9.97. The summed E-state index contributed by atoms with van der Waals surface area (Å²) < 4.78 is 2.02. The van der Waals surface area contributed by atoms with Gasteiger partial charge in [0.25, 0.3) is 0 Å². The zero-order valence-corrected chi connectivity index (χ0v) is 8.80. The van der Waals surface area contributed by atoms with Crippen LogP contribution in [0.25, 0.3) is 0 Å². The number of aromatic nitrogens is 3. The summed E-state index contributed by atoms with van der Waals surface area (Å²) in [5.41, 5.74) is 0. The molecule has 76 valence electrons. The maximum absolute atomic E-state index is 10.8. The second kappa shape index (κ2) is 4.00. The fraction of sp³-hybridized carbons (Fsp3) is 0.625. The summed E-state index contributed by atoms with van der Waals surface area (Å²) >= 11 is 1.45. The average Bonchev–Trinajstić information content (AvgIpc) is 2.58. The molecule has 0 radical (unpaired) electrons. The number of anilines is 1. The normalized spacial score (nSPS) is 14.6. The van der Waals surface area contributed by atoms with Crippen LogP contribution in [-0.2, 0) is 11.3 Å². The molecule has 6 heteroatoms.